The Morgan fingerprint density at radius 1 is 0.939 bits per heavy atom. The maximum atomic E-state index is 13.2. The Balaban J connectivity index is 1.66. The molecule has 0 saturated carbocycles. The molecule has 7 heteroatoms. The maximum Gasteiger partial charge on any atom is 0.235 e. The molecule has 0 unspecified atom stereocenters. The zero-order valence-corrected chi connectivity index (χ0v) is 18.1. The average Bonchev–Trinajstić information content (AvgIpc) is 2.83. The summed E-state index contributed by atoms with van der Waals surface area (Å²) in [4.78, 5) is 37.0. The Labute approximate surface area is 189 Å². The third-order valence-electron chi connectivity index (χ3n) is 4.98. The molecule has 1 aromatic heterocycles. The number of nitrogens with one attached hydrogen (secondary N) is 1. The van der Waals surface area contributed by atoms with Gasteiger partial charge in [0, 0.05) is 23.7 Å². The molecule has 0 aliphatic rings. The van der Waals surface area contributed by atoms with E-state index in [-0.39, 0.29) is 35.2 Å². The number of rotatable bonds is 7. The minimum absolute atomic E-state index is 0.0397. The van der Waals surface area contributed by atoms with Crippen molar-refractivity contribution in [2.75, 3.05) is 19.0 Å². The fraction of sp³-hybridized carbons (Fsp3) is 0.115. The number of Topliss-reactive ketones (excluding diaryl/α,β-unsaturated/α-hetero) is 1. The van der Waals surface area contributed by atoms with Crippen LogP contribution in [0.4, 0.5) is 5.69 Å². The Bertz CT molecular complexity index is 1370. The summed E-state index contributed by atoms with van der Waals surface area (Å²) in [6.07, 6.45) is 0. The van der Waals surface area contributed by atoms with E-state index in [1.54, 1.807) is 79.9 Å². The molecule has 0 aliphatic heterocycles. The van der Waals surface area contributed by atoms with Gasteiger partial charge in [0.2, 0.25) is 17.1 Å². The highest BCUT2D eigenvalue weighted by atomic mass is 16.5. The Kier molecular flexibility index (Phi) is 6.22. The van der Waals surface area contributed by atoms with Crippen LogP contribution in [0.25, 0.3) is 22.3 Å². The summed E-state index contributed by atoms with van der Waals surface area (Å²) in [7, 11) is 1.56. The van der Waals surface area contributed by atoms with E-state index in [4.69, 9.17) is 13.9 Å². The number of ether oxygens (including phenoxy) is 2. The largest absolute Gasteiger partial charge is 0.497 e. The Morgan fingerprint density at radius 2 is 1.64 bits per heavy atom. The van der Waals surface area contributed by atoms with Gasteiger partial charge in [-0.05, 0) is 60.7 Å². The summed E-state index contributed by atoms with van der Waals surface area (Å²) >= 11 is 0. The molecule has 0 spiro atoms. The fourth-order valence-electron chi connectivity index (χ4n) is 3.35. The van der Waals surface area contributed by atoms with Gasteiger partial charge in [-0.25, -0.2) is 0 Å². The monoisotopic (exact) mass is 443 g/mol. The van der Waals surface area contributed by atoms with Gasteiger partial charge >= 0.3 is 0 Å². The zero-order chi connectivity index (χ0) is 23.4. The Morgan fingerprint density at radius 3 is 2.30 bits per heavy atom. The lowest BCUT2D eigenvalue weighted by Crippen LogP contribution is -2.17. The van der Waals surface area contributed by atoms with E-state index >= 15 is 0 Å². The third-order valence-corrected chi connectivity index (χ3v) is 4.98. The van der Waals surface area contributed by atoms with Gasteiger partial charge in [0.15, 0.2) is 18.2 Å². The molecule has 7 nitrogen and oxygen atoms in total. The van der Waals surface area contributed by atoms with Crippen molar-refractivity contribution in [3.05, 3.63) is 88.6 Å². The normalized spacial score (nSPS) is 10.6. The molecule has 33 heavy (non-hydrogen) atoms. The summed E-state index contributed by atoms with van der Waals surface area (Å²) in [5, 5.41) is 3.00. The molecular weight excluding hydrogens is 422 g/mol. The first-order valence-corrected chi connectivity index (χ1v) is 10.2. The number of fused-ring (bicyclic) bond motifs is 1. The molecule has 0 aliphatic carbocycles. The highest BCUT2D eigenvalue weighted by molar-refractivity contribution is 5.98. The van der Waals surface area contributed by atoms with Crippen molar-refractivity contribution in [1.29, 1.82) is 0 Å². The second-order valence-corrected chi connectivity index (χ2v) is 7.28. The first-order chi connectivity index (χ1) is 16.0. The number of hydrogen-bond acceptors (Lipinski definition) is 6. The molecule has 0 radical (unpaired) electrons. The van der Waals surface area contributed by atoms with E-state index in [1.807, 2.05) is 0 Å². The summed E-state index contributed by atoms with van der Waals surface area (Å²) in [6, 6.07) is 20.3. The Hall–Kier alpha value is -4.39. The molecule has 0 atom stereocenters. The first-order valence-electron chi connectivity index (χ1n) is 10.2. The molecule has 4 aromatic rings. The number of carbonyl (C=O) groups is 2. The number of hydrogen-bond donors (Lipinski definition) is 1. The molecule has 0 bridgehead atoms. The number of methoxy groups -OCH3 is 1. The lowest BCUT2D eigenvalue weighted by molar-refractivity contribution is -0.114. The van der Waals surface area contributed by atoms with Gasteiger partial charge in [0.05, 0.1) is 12.5 Å². The second kappa shape index (κ2) is 9.40. The van der Waals surface area contributed by atoms with Crippen molar-refractivity contribution < 1.29 is 23.5 Å². The smallest absolute Gasteiger partial charge is 0.235 e. The van der Waals surface area contributed by atoms with Crippen LogP contribution >= 0.6 is 0 Å². The molecule has 4 rings (SSSR count). The van der Waals surface area contributed by atoms with Gasteiger partial charge in [-0.2, -0.15) is 0 Å². The van der Waals surface area contributed by atoms with Crippen molar-refractivity contribution >= 4 is 28.3 Å². The number of ketones is 1. The predicted octanol–water partition coefficient (Wildman–Crippen LogP) is 4.69. The van der Waals surface area contributed by atoms with E-state index in [2.05, 4.69) is 5.32 Å². The van der Waals surface area contributed by atoms with Crippen molar-refractivity contribution in [3.63, 3.8) is 0 Å². The van der Waals surface area contributed by atoms with E-state index < -0.39 is 0 Å². The summed E-state index contributed by atoms with van der Waals surface area (Å²) in [5.41, 5.74) is 1.63. The minimum Gasteiger partial charge on any atom is -0.497 e. The SMILES string of the molecule is COc1ccc(-c2oc3ccccc3c(=O)c2OCC(=O)c2ccc(NC(C)=O)cc2)cc1. The highest BCUT2D eigenvalue weighted by Gasteiger charge is 2.19. The molecule has 1 heterocycles. The number of amides is 1. The molecule has 1 N–H and O–H groups in total. The van der Waals surface area contributed by atoms with Crippen LogP contribution in [-0.4, -0.2) is 25.4 Å². The van der Waals surface area contributed by atoms with Crippen LogP contribution in [-0.2, 0) is 4.79 Å². The van der Waals surface area contributed by atoms with Crippen LogP contribution in [0.2, 0.25) is 0 Å². The summed E-state index contributed by atoms with van der Waals surface area (Å²) in [6.45, 7) is 1.05. The van der Waals surface area contributed by atoms with Gasteiger partial charge < -0.3 is 19.2 Å². The number of benzene rings is 3. The van der Waals surface area contributed by atoms with Crippen molar-refractivity contribution in [2.45, 2.75) is 6.92 Å². The number of carbonyl (C=O) groups excluding carboxylic acids is 2. The van der Waals surface area contributed by atoms with Crippen LogP contribution in [0.1, 0.15) is 17.3 Å². The predicted molar refractivity (Wildman–Crippen MR) is 125 cm³/mol. The van der Waals surface area contributed by atoms with Gasteiger partial charge in [-0.3, -0.25) is 14.4 Å². The topological polar surface area (TPSA) is 94.8 Å². The average molecular weight is 443 g/mol. The second-order valence-electron chi connectivity index (χ2n) is 7.28. The molecular formula is C26H21NO6. The van der Waals surface area contributed by atoms with Crippen molar-refractivity contribution in [1.82, 2.24) is 0 Å². The van der Waals surface area contributed by atoms with E-state index in [1.165, 1.54) is 6.92 Å². The summed E-state index contributed by atoms with van der Waals surface area (Å²) in [5.74, 6) is 0.323. The van der Waals surface area contributed by atoms with Crippen LogP contribution in [0, 0.1) is 0 Å². The lowest BCUT2D eigenvalue weighted by atomic mass is 10.1. The third kappa shape index (κ3) is 4.77. The number of para-hydroxylation sites is 1. The molecule has 0 saturated heterocycles. The molecule has 1 amide bonds. The quantitative estimate of drug-likeness (QED) is 0.417. The standard InChI is InChI=1S/C26H21NO6/c1-16(28)27-19-11-7-17(8-12-19)22(29)15-32-26-24(30)21-5-3-4-6-23(21)33-25(26)18-9-13-20(31-2)14-10-18/h3-14H,15H2,1-2H3,(H,27,28). The van der Waals surface area contributed by atoms with E-state index in [0.29, 0.717) is 33.5 Å². The van der Waals surface area contributed by atoms with Crippen molar-refractivity contribution in [3.8, 4) is 22.8 Å². The fourth-order valence-corrected chi connectivity index (χ4v) is 3.35. The lowest BCUT2D eigenvalue weighted by Gasteiger charge is -2.12. The van der Waals surface area contributed by atoms with E-state index in [9.17, 15) is 14.4 Å². The highest BCUT2D eigenvalue weighted by Crippen LogP contribution is 2.32. The van der Waals surface area contributed by atoms with Gasteiger partial charge in [0.25, 0.3) is 0 Å². The van der Waals surface area contributed by atoms with Crippen LogP contribution in [0.5, 0.6) is 11.5 Å². The van der Waals surface area contributed by atoms with Crippen LogP contribution in [0.15, 0.2) is 82.0 Å². The first kappa shape index (κ1) is 21.8. The van der Waals surface area contributed by atoms with Crippen molar-refractivity contribution in [2.24, 2.45) is 0 Å². The number of anilines is 1. The maximum absolute atomic E-state index is 13.2. The molecule has 3 aromatic carbocycles. The summed E-state index contributed by atoms with van der Waals surface area (Å²) < 4.78 is 16.9. The molecule has 166 valence electrons. The van der Waals surface area contributed by atoms with Gasteiger partial charge in [-0.15, -0.1) is 0 Å². The molecule has 0 fully saturated rings. The van der Waals surface area contributed by atoms with Gasteiger partial charge in [0.1, 0.15) is 11.3 Å². The zero-order valence-electron chi connectivity index (χ0n) is 18.1. The van der Waals surface area contributed by atoms with Gasteiger partial charge in [-0.1, -0.05) is 12.1 Å². The van der Waals surface area contributed by atoms with Crippen LogP contribution < -0.4 is 20.2 Å². The van der Waals surface area contributed by atoms with Crippen LogP contribution in [0.3, 0.4) is 0 Å². The minimum atomic E-state index is -0.364. The van der Waals surface area contributed by atoms with E-state index in [0.717, 1.165) is 0 Å².